The van der Waals surface area contributed by atoms with Crippen molar-refractivity contribution < 1.29 is 14.6 Å². The van der Waals surface area contributed by atoms with E-state index in [0.29, 0.717) is 37.2 Å². The number of aromatic hydroxyl groups is 1. The van der Waals surface area contributed by atoms with Crippen molar-refractivity contribution in [3.63, 3.8) is 0 Å². The van der Waals surface area contributed by atoms with Gasteiger partial charge in [-0.15, -0.1) is 0 Å². The number of benzene rings is 1. The van der Waals surface area contributed by atoms with Crippen molar-refractivity contribution in [1.82, 2.24) is 9.88 Å². The van der Waals surface area contributed by atoms with Crippen LogP contribution in [0.4, 0.5) is 10.5 Å². The van der Waals surface area contributed by atoms with E-state index in [1.807, 2.05) is 6.07 Å². The van der Waals surface area contributed by atoms with Gasteiger partial charge in [0, 0.05) is 18.2 Å². The Kier molecular flexibility index (Phi) is 4.55. The molecule has 2 amide bonds. The molecule has 0 fully saturated rings. The lowest BCUT2D eigenvalue weighted by atomic mass is 10.1. The third-order valence-electron chi connectivity index (χ3n) is 3.80. The first kappa shape index (κ1) is 16.1. The molecule has 24 heavy (non-hydrogen) atoms. The maximum atomic E-state index is 12.4. The van der Waals surface area contributed by atoms with Crippen molar-refractivity contribution in [3.8, 4) is 11.6 Å². The minimum Gasteiger partial charge on any atom is -0.508 e. The van der Waals surface area contributed by atoms with Crippen LogP contribution in [0.2, 0.25) is 0 Å². The third kappa shape index (κ3) is 3.59. The van der Waals surface area contributed by atoms with Gasteiger partial charge in [0.25, 0.3) is 0 Å². The predicted molar refractivity (Wildman–Crippen MR) is 90.9 cm³/mol. The second-order valence-electron chi connectivity index (χ2n) is 6.29. The Hall–Kier alpha value is -2.76. The SMILES string of the molecule is CC(C)COc1ccc(NC(=O)N2Cc3cccc(O)c3C2)cn1. The van der Waals surface area contributed by atoms with Gasteiger partial charge >= 0.3 is 6.03 Å². The molecule has 0 saturated heterocycles. The van der Waals surface area contributed by atoms with Crippen LogP contribution >= 0.6 is 0 Å². The summed E-state index contributed by atoms with van der Waals surface area (Å²) in [6, 6.07) is 8.63. The van der Waals surface area contributed by atoms with E-state index in [2.05, 4.69) is 24.1 Å². The molecule has 0 spiro atoms. The standard InChI is InChI=1S/C18H21N3O3/c1-12(2)11-24-17-7-6-14(8-19-17)20-18(23)21-9-13-4-3-5-16(22)15(13)10-21/h3-8,12,22H,9-11H2,1-2H3,(H,20,23). The summed E-state index contributed by atoms with van der Waals surface area (Å²) in [5.74, 6) is 1.20. The molecule has 2 N–H and O–H groups in total. The fourth-order valence-electron chi connectivity index (χ4n) is 2.54. The van der Waals surface area contributed by atoms with Crippen LogP contribution < -0.4 is 10.1 Å². The van der Waals surface area contributed by atoms with Crippen LogP contribution in [0.25, 0.3) is 0 Å². The minimum atomic E-state index is -0.219. The first-order valence-corrected chi connectivity index (χ1v) is 7.97. The Morgan fingerprint density at radius 1 is 1.33 bits per heavy atom. The molecule has 0 saturated carbocycles. The number of amides is 2. The van der Waals surface area contributed by atoms with Gasteiger partial charge in [-0.2, -0.15) is 0 Å². The Labute approximate surface area is 141 Å². The Bertz CT molecular complexity index is 729. The van der Waals surface area contributed by atoms with Gasteiger partial charge in [-0.05, 0) is 23.6 Å². The number of hydrogen-bond acceptors (Lipinski definition) is 4. The van der Waals surface area contributed by atoms with E-state index in [0.717, 1.165) is 11.1 Å². The quantitative estimate of drug-likeness (QED) is 0.903. The number of phenolic OH excluding ortho intramolecular Hbond substituents is 1. The molecule has 2 heterocycles. The monoisotopic (exact) mass is 327 g/mol. The molecule has 0 radical (unpaired) electrons. The second kappa shape index (κ2) is 6.78. The number of nitrogens with one attached hydrogen (secondary N) is 1. The number of carbonyl (C=O) groups excluding carboxylic acids is 1. The zero-order chi connectivity index (χ0) is 17.1. The number of rotatable bonds is 4. The Morgan fingerprint density at radius 2 is 2.17 bits per heavy atom. The largest absolute Gasteiger partial charge is 0.508 e. The van der Waals surface area contributed by atoms with E-state index >= 15 is 0 Å². The molecule has 6 nitrogen and oxygen atoms in total. The molecule has 6 heteroatoms. The second-order valence-corrected chi connectivity index (χ2v) is 6.29. The number of pyridine rings is 1. The maximum Gasteiger partial charge on any atom is 0.322 e. The lowest BCUT2D eigenvalue weighted by Gasteiger charge is -2.16. The highest BCUT2D eigenvalue weighted by atomic mass is 16.5. The highest BCUT2D eigenvalue weighted by Crippen LogP contribution is 2.30. The molecule has 0 unspecified atom stereocenters. The van der Waals surface area contributed by atoms with Gasteiger partial charge in [0.1, 0.15) is 5.75 Å². The molecule has 0 atom stereocenters. The molecule has 1 aromatic carbocycles. The molecule has 1 aliphatic heterocycles. The summed E-state index contributed by atoms with van der Waals surface area (Å²) in [4.78, 5) is 18.2. The molecule has 0 bridgehead atoms. The average Bonchev–Trinajstić information content (AvgIpc) is 3.00. The molecular formula is C18H21N3O3. The van der Waals surface area contributed by atoms with Crippen molar-refractivity contribution in [2.24, 2.45) is 5.92 Å². The van der Waals surface area contributed by atoms with E-state index in [-0.39, 0.29) is 11.8 Å². The summed E-state index contributed by atoms with van der Waals surface area (Å²) in [6.07, 6.45) is 1.58. The van der Waals surface area contributed by atoms with Gasteiger partial charge in [-0.3, -0.25) is 0 Å². The smallest absolute Gasteiger partial charge is 0.322 e. The predicted octanol–water partition coefficient (Wildman–Crippen LogP) is 3.37. The highest BCUT2D eigenvalue weighted by Gasteiger charge is 2.25. The Balaban J connectivity index is 1.59. The summed E-state index contributed by atoms with van der Waals surface area (Å²) >= 11 is 0. The van der Waals surface area contributed by atoms with Gasteiger partial charge < -0.3 is 20.1 Å². The first-order chi connectivity index (χ1) is 11.5. The van der Waals surface area contributed by atoms with Crippen LogP contribution in [0.1, 0.15) is 25.0 Å². The Morgan fingerprint density at radius 3 is 2.83 bits per heavy atom. The topological polar surface area (TPSA) is 74.7 Å². The van der Waals surface area contributed by atoms with Crippen molar-refractivity contribution in [2.45, 2.75) is 26.9 Å². The van der Waals surface area contributed by atoms with Gasteiger partial charge in [-0.25, -0.2) is 9.78 Å². The lowest BCUT2D eigenvalue weighted by Crippen LogP contribution is -2.30. The van der Waals surface area contributed by atoms with Crippen LogP contribution in [-0.4, -0.2) is 27.6 Å². The summed E-state index contributed by atoms with van der Waals surface area (Å²) in [6.45, 7) is 5.63. The number of carbonyl (C=O) groups is 1. The van der Waals surface area contributed by atoms with E-state index in [9.17, 15) is 9.90 Å². The van der Waals surface area contributed by atoms with E-state index in [1.54, 1.807) is 35.4 Å². The van der Waals surface area contributed by atoms with Gasteiger partial charge in [-0.1, -0.05) is 26.0 Å². The number of nitrogens with zero attached hydrogens (tertiary/aromatic N) is 2. The molecule has 2 aromatic rings. The molecule has 0 aliphatic carbocycles. The third-order valence-corrected chi connectivity index (χ3v) is 3.80. The number of urea groups is 1. The molecule has 1 aromatic heterocycles. The summed E-state index contributed by atoms with van der Waals surface area (Å²) in [5.41, 5.74) is 2.39. The van der Waals surface area contributed by atoms with Crippen LogP contribution in [0.5, 0.6) is 11.6 Å². The summed E-state index contributed by atoms with van der Waals surface area (Å²) in [7, 11) is 0. The maximum absolute atomic E-state index is 12.4. The van der Waals surface area contributed by atoms with Crippen LogP contribution in [0.15, 0.2) is 36.5 Å². The van der Waals surface area contributed by atoms with Crippen molar-refractivity contribution in [3.05, 3.63) is 47.7 Å². The normalized spacial score (nSPS) is 13.0. The summed E-state index contributed by atoms with van der Waals surface area (Å²) < 4.78 is 5.52. The fraction of sp³-hybridized carbons (Fsp3) is 0.333. The van der Waals surface area contributed by atoms with E-state index < -0.39 is 0 Å². The molecular weight excluding hydrogens is 306 g/mol. The van der Waals surface area contributed by atoms with E-state index in [1.165, 1.54) is 0 Å². The van der Waals surface area contributed by atoms with Gasteiger partial charge in [0.2, 0.25) is 5.88 Å². The molecule has 1 aliphatic rings. The zero-order valence-corrected chi connectivity index (χ0v) is 13.8. The van der Waals surface area contributed by atoms with Crippen molar-refractivity contribution >= 4 is 11.7 Å². The number of hydrogen-bond donors (Lipinski definition) is 2. The number of anilines is 1. The number of fused-ring (bicyclic) bond motifs is 1. The van der Waals surface area contributed by atoms with Crippen LogP contribution in [-0.2, 0) is 13.1 Å². The molecule has 3 rings (SSSR count). The highest BCUT2D eigenvalue weighted by molar-refractivity contribution is 5.89. The zero-order valence-electron chi connectivity index (χ0n) is 13.8. The number of aromatic nitrogens is 1. The number of ether oxygens (including phenoxy) is 1. The first-order valence-electron chi connectivity index (χ1n) is 7.97. The average molecular weight is 327 g/mol. The van der Waals surface area contributed by atoms with Crippen molar-refractivity contribution in [2.75, 3.05) is 11.9 Å². The fourth-order valence-corrected chi connectivity index (χ4v) is 2.54. The summed E-state index contributed by atoms with van der Waals surface area (Å²) in [5, 5.41) is 12.7. The minimum absolute atomic E-state index is 0.219. The number of phenols is 1. The van der Waals surface area contributed by atoms with E-state index in [4.69, 9.17) is 4.74 Å². The van der Waals surface area contributed by atoms with Crippen LogP contribution in [0.3, 0.4) is 0 Å². The molecule has 126 valence electrons. The van der Waals surface area contributed by atoms with Gasteiger partial charge in [0.05, 0.1) is 25.0 Å². The lowest BCUT2D eigenvalue weighted by molar-refractivity contribution is 0.212. The van der Waals surface area contributed by atoms with Crippen molar-refractivity contribution in [1.29, 1.82) is 0 Å². The van der Waals surface area contributed by atoms with Crippen LogP contribution in [0, 0.1) is 5.92 Å². The van der Waals surface area contributed by atoms with Gasteiger partial charge in [0.15, 0.2) is 0 Å².